The molecule has 0 aliphatic rings. The molecule has 0 atom stereocenters. The van der Waals surface area contributed by atoms with Crippen LogP contribution in [0.25, 0.3) is 0 Å². The fourth-order valence-electron chi connectivity index (χ4n) is 1.64. The van der Waals surface area contributed by atoms with Crippen LogP contribution in [-0.4, -0.2) is 21.4 Å². The summed E-state index contributed by atoms with van der Waals surface area (Å²) in [5.41, 5.74) is 0.753. The highest BCUT2D eigenvalue weighted by Gasteiger charge is 2.11. The van der Waals surface area contributed by atoms with Crippen LogP contribution in [-0.2, 0) is 10.0 Å². The van der Waals surface area contributed by atoms with Crippen LogP contribution < -0.4 is 10.0 Å². The van der Waals surface area contributed by atoms with Crippen molar-refractivity contribution in [3.8, 4) is 0 Å². The summed E-state index contributed by atoms with van der Waals surface area (Å²) in [5, 5.41) is 2.60. The Morgan fingerprint density at radius 2 is 1.57 bits per heavy atom. The maximum atomic E-state index is 12.8. The lowest BCUT2D eigenvalue weighted by molar-refractivity contribution is 0.102. The molecule has 0 unspecified atom stereocenters. The molecule has 0 spiro atoms. The van der Waals surface area contributed by atoms with Crippen molar-refractivity contribution in [1.29, 1.82) is 0 Å². The Kier molecular flexibility index (Phi) is 4.35. The van der Waals surface area contributed by atoms with Gasteiger partial charge in [-0.3, -0.25) is 4.79 Å². The first kappa shape index (κ1) is 15.1. The molecule has 2 aromatic carbocycles. The second kappa shape index (κ2) is 6.02. The highest BCUT2D eigenvalue weighted by atomic mass is 32.2. The molecule has 5 nitrogen and oxygen atoms in total. The summed E-state index contributed by atoms with van der Waals surface area (Å²) in [5.74, 6) is -0.826. The van der Waals surface area contributed by atoms with Gasteiger partial charge in [0, 0.05) is 11.3 Å². The van der Waals surface area contributed by atoms with Crippen LogP contribution in [0.2, 0.25) is 0 Å². The number of carbonyl (C=O) groups excluding carboxylic acids is 1. The van der Waals surface area contributed by atoms with E-state index in [9.17, 15) is 17.6 Å². The molecular weight excluding hydrogens is 295 g/mol. The summed E-state index contributed by atoms with van der Waals surface area (Å²) in [6.07, 6.45) is 0. The molecule has 2 rings (SSSR count). The van der Waals surface area contributed by atoms with Gasteiger partial charge >= 0.3 is 0 Å². The van der Waals surface area contributed by atoms with E-state index in [4.69, 9.17) is 0 Å². The Morgan fingerprint density at radius 3 is 2.10 bits per heavy atom. The Bertz CT molecular complexity index is 741. The molecular formula is C14H13FN2O3S. The number of hydrogen-bond donors (Lipinski definition) is 2. The normalized spacial score (nSPS) is 11.1. The largest absolute Gasteiger partial charge is 0.322 e. The quantitative estimate of drug-likeness (QED) is 0.907. The van der Waals surface area contributed by atoms with Crippen molar-refractivity contribution < 1.29 is 17.6 Å². The van der Waals surface area contributed by atoms with Gasteiger partial charge in [0.25, 0.3) is 5.91 Å². The van der Waals surface area contributed by atoms with Crippen molar-refractivity contribution in [2.45, 2.75) is 4.90 Å². The molecule has 0 aliphatic carbocycles. The maximum absolute atomic E-state index is 12.8. The minimum atomic E-state index is -3.50. The van der Waals surface area contributed by atoms with E-state index in [2.05, 4.69) is 10.0 Å². The van der Waals surface area contributed by atoms with E-state index >= 15 is 0 Å². The van der Waals surface area contributed by atoms with Crippen LogP contribution in [0.1, 0.15) is 10.4 Å². The molecule has 0 saturated heterocycles. The monoisotopic (exact) mass is 308 g/mol. The van der Waals surface area contributed by atoms with Crippen LogP contribution >= 0.6 is 0 Å². The first-order valence-corrected chi connectivity index (χ1v) is 7.51. The van der Waals surface area contributed by atoms with Crippen LogP contribution in [0.3, 0.4) is 0 Å². The van der Waals surface area contributed by atoms with Gasteiger partial charge in [-0.2, -0.15) is 0 Å². The van der Waals surface area contributed by atoms with Crippen molar-refractivity contribution in [2.75, 3.05) is 12.4 Å². The zero-order valence-electron chi connectivity index (χ0n) is 11.1. The Balaban J connectivity index is 2.13. The number of halogens is 1. The first-order valence-electron chi connectivity index (χ1n) is 6.03. The summed E-state index contributed by atoms with van der Waals surface area (Å²) >= 11 is 0. The minimum Gasteiger partial charge on any atom is -0.322 e. The van der Waals surface area contributed by atoms with Gasteiger partial charge in [0.05, 0.1) is 4.90 Å². The molecule has 0 aromatic heterocycles. The maximum Gasteiger partial charge on any atom is 0.255 e. The SMILES string of the molecule is CNS(=O)(=O)c1ccc(NC(=O)c2ccc(F)cc2)cc1. The van der Waals surface area contributed by atoms with Gasteiger partial charge in [-0.15, -0.1) is 0 Å². The van der Waals surface area contributed by atoms with E-state index in [1.807, 2.05) is 0 Å². The average Bonchev–Trinajstić information content (AvgIpc) is 2.48. The third kappa shape index (κ3) is 3.65. The molecule has 2 N–H and O–H groups in total. The van der Waals surface area contributed by atoms with E-state index in [1.165, 1.54) is 55.6 Å². The van der Waals surface area contributed by atoms with Gasteiger partial charge in [0.1, 0.15) is 5.82 Å². The molecule has 2 aromatic rings. The molecule has 21 heavy (non-hydrogen) atoms. The number of benzene rings is 2. The zero-order chi connectivity index (χ0) is 15.5. The third-order valence-electron chi connectivity index (χ3n) is 2.80. The molecule has 0 fully saturated rings. The summed E-state index contributed by atoms with van der Waals surface area (Å²) < 4.78 is 38.1. The van der Waals surface area contributed by atoms with Gasteiger partial charge in [-0.1, -0.05) is 0 Å². The summed E-state index contributed by atoms with van der Waals surface area (Å²) in [4.78, 5) is 12.0. The number of rotatable bonds is 4. The van der Waals surface area contributed by atoms with Crippen LogP contribution in [0.4, 0.5) is 10.1 Å². The lowest BCUT2D eigenvalue weighted by atomic mass is 10.2. The summed E-state index contributed by atoms with van der Waals surface area (Å²) in [6, 6.07) is 10.8. The van der Waals surface area contributed by atoms with Crippen molar-refractivity contribution in [1.82, 2.24) is 4.72 Å². The predicted molar refractivity (Wildman–Crippen MR) is 77.0 cm³/mol. The van der Waals surface area contributed by atoms with E-state index in [0.29, 0.717) is 11.3 Å². The molecule has 110 valence electrons. The fraction of sp³-hybridized carbons (Fsp3) is 0.0714. The molecule has 0 heterocycles. The Hall–Kier alpha value is -2.25. The lowest BCUT2D eigenvalue weighted by Gasteiger charge is -2.07. The molecule has 0 radical (unpaired) electrons. The van der Waals surface area contributed by atoms with E-state index in [-0.39, 0.29) is 4.90 Å². The van der Waals surface area contributed by atoms with Crippen molar-refractivity contribution >= 4 is 21.6 Å². The minimum absolute atomic E-state index is 0.102. The van der Waals surface area contributed by atoms with Crippen LogP contribution in [0, 0.1) is 5.82 Å². The van der Waals surface area contributed by atoms with Gasteiger partial charge < -0.3 is 5.32 Å². The number of sulfonamides is 1. The smallest absolute Gasteiger partial charge is 0.255 e. The van der Waals surface area contributed by atoms with Crippen LogP contribution in [0.5, 0.6) is 0 Å². The highest BCUT2D eigenvalue weighted by Crippen LogP contribution is 2.15. The van der Waals surface area contributed by atoms with Crippen molar-refractivity contribution in [2.24, 2.45) is 0 Å². The topological polar surface area (TPSA) is 75.3 Å². The van der Waals surface area contributed by atoms with E-state index in [1.54, 1.807) is 0 Å². The third-order valence-corrected chi connectivity index (χ3v) is 4.23. The Labute approximate surface area is 121 Å². The molecule has 0 saturated carbocycles. The highest BCUT2D eigenvalue weighted by molar-refractivity contribution is 7.89. The van der Waals surface area contributed by atoms with Crippen LogP contribution in [0.15, 0.2) is 53.4 Å². The van der Waals surface area contributed by atoms with Gasteiger partial charge in [-0.25, -0.2) is 17.5 Å². The van der Waals surface area contributed by atoms with E-state index < -0.39 is 21.7 Å². The van der Waals surface area contributed by atoms with Crippen molar-refractivity contribution in [3.63, 3.8) is 0 Å². The number of nitrogens with one attached hydrogen (secondary N) is 2. The standard InChI is InChI=1S/C14H13FN2O3S/c1-16-21(19,20)13-8-6-12(7-9-13)17-14(18)10-2-4-11(15)5-3-10/h2-9,16H,1H3,(H,17,18). The van der Waals surface area contributed by atoms with Gasteiger partial charge in [0.15, 0.2) is 0 Å². The second-order valence-corrected chi connectivity index (χ2v) is 6.08. The Morgan fingerprint density at radius 1 is 1.00 bits per heavy atom. The predicted octanol–water partition coefficient (Wildman–Crippen LogP) is 1.99. The fourth-order valence-corrected chi connectivity index (χ4v) is 2.37. The number of amides is 1. The lowest BCUT2D eigenvalue weighted by Crippen LogP contribution is -2.18. The number of hydrogen-bond acceptors (Lipinski definition) is 3. The van der Waals surface area contributed by atoms with Gasteiger partial charge in [0.2, 0.25) is 10.0 Å². The molecule has 1 amide bonds. The summed E-state index contributed by atoms with van der Waals surface area (Å²) in [6.45, 7) is 0. The van der Waals surface area contributed by atoms with Crippen molar-refractivity contribution in [3.05, 3.63) is 59.9 Å². The zero-order valence-corrected chi connectivity index (χ0v) is 11.9. The van der Waals surface area contributed by atoms with E-state index in [0.717, 1.165) is 0 Å². The molecule has 0 aliphatic heterocycles. The first-order chi connectivity index (χ1) is 9.92. The summed E-state index contributed by atoms with van der Waals surface area (Å²) in [7, 11) is -2.19. The average molecular weight is 308 g/mol. The van der Waals surface area contributed by atoms with Gasteiger partial charge in [-0.05, 0) is 55.6 Å². The number of anilines is 1. The number of carbonyl (C=O) groups is 1. The molecule has 0 bridgehead atoms. The second-order valence-electron chi connectivity index (χ2n) is 4.19. The molecule has 7 heteroatoms.